The van der Waals surface area contributed by atoms with Gasteiger partial charge in [-0.3, -0.25) is 9.59 Å². The maximum absolute atomic E-state index is 13.4. The smallest absolute Gasteiger partial charge is 0.332 e. The number of carbonyl (C=O) groups excluding carboxylic acids is 3. The first-order chi connectivity index (χ1) is 16.4. The first-order valence-electron chi connectivity index (χ1n) is 11.1. The molecule has 34 heavy (non-hydrogen) atoms. The van der Waals surface area contributed by atoms with Crippen molar-refractivity contribution in [2.75, 3.05) is 17.3 Å². The lowest BCUT2D eigenvalue weighted by Crippen LogP contribution is -2.37. The van der Waals surface area contributed by atoms with Gasteiger partial charge in [0, 0.05) is 12.2 Å². The number of urea groups is 1. The number of nitrogens with zero attached hydrogens (tertiary/aromatic N) is 2. The number of anilines is 2. The minimum atomic E-state index is -0.909. The van der Waals surface area contributed by atoms with Gasteiger partial charge in [-0.2, -0.15) is 0 Å². The van der Waals surface area contributed by atoms with E-state index in [0.717, 1.165) is 16.7 Å². The molecule has 0 aromatic heterocycles. The normalized spacial score (nSPS) is 15.6. The molecule has 7 heteroatoms. The zero-order chi connectivity index (χ0) is 24.2. The van der Waals surface area contributed by atoms with Crippen molar-refractivity contribution in [1.82, 2.24) is 4.90 Å². The maximum atomic E-state index is 13.4. The number of rotatable bonds is 7. The number of aryl methyl sites for hydroxylation is 2. The number of benzene rings is 3. The van der Waals surface area contributed by atoms with Crippen LogP contribution in [0.4, 0.5) is 16.2 Å². The lowest BCUT2D eigenvalue weighted by molar-refractivity contribution is -0.124. The van der Waals surface area contributed by atoms with Crippen molar-refractivity contribution in [3.05, 3.63) is 89.5 Å². The first kappa shape index (κ1) is 23.0. The molecule has 4 amide bonds. The van der Waals surface area contributed by atoms with Gasteiger partial charge in [0.2, 0.25) is 5.91 Å². The Morgan fingerprint density at radius 3 is 2.06 bits per heavy atom. The Labute approximate surface area is 198 Å². The fourth-order valence-electron chi connectivity index (χ4n) is 3.90. The highest BCUT2D eigenvalue weighted by Crippen LogP contribution is 2.29. The van der Waals surface area contributed by atoms with Gasteiger partial charge < -0.3 is 15.0 Å². The molecule has 1 saturated heterocycles. The van der Waals surface area contributed by atoms with Crippen LogP contribution in [-0.2, 0) is 16.1 Å². The summed E-state index contributed by atoms with van der Waals surface area (Å²) in [5, 5.41) is 2.81. The molecule has 3 aromatic rings. The summed E-state index contributed by atoms with van der Waals surface area (Å²) in [6.07, 6.45) is -0.148. The van der Waals surface area contributed by atoms with Gasteiger partial charge in [0.1, 0.15) is 11.8 Å². The third-order valence-corrected chi connectivity index (χ3v) is 5.84. The van der Waals surface area contributed by atoms with E-state index in [-0.39, 0.29) is 18.9 Å². The van der Waals surface area contributed by atoms with Crippen LogP contribution in [0.3, 0.4) is 0 Å². The molecular formula is C27H27N3O4. The summed E-state index contributed by atoms with van der Waals surface area (Å²) in [5.41, 5.74) is 4.09. The van der Waals surface area contributed by atoms with Crippen LogP contribution in [0.1, 0.15) is 23.1 Å². The summed E-state index contributed by atoms with van der Waals surface area (Å²) in [4.78, 5) is 42.3. The summed E-state index contributed by atoms with van der Waals surface area (Å²) in [6, 6.07) is 20.5. The van der Waals surface area contributed by atoms with Crippen molar-refractivity contribution in [3.8, 4) is 5.75 Å². The van der Waals surface area contributed by atoms with E-state index in [1.807, 2.05) is 50.2 Å². The van der Waals surface area contributed by atoms with Gasteiger partial charge in [-0.25, -0.2) is 9.69 Å². The minimum absolute atomic E-state index is 0.148. The van der Waals surface area contributed by atoms with Crippen molar-refractivity contribution >= 4 is 29.2 Å². The van der Waals surface area contributed by atoms with Crippen LogP contribution in [0.25, 0.3) is 0 Å². The van der Waals surface area contributed by atoms with E-state index < -0.39 is 18.0 Å². The van der Waals surface area contributed by atoms with Gasteiger partial charge >= 0.3 is 6.03 Å². The van der Waals surface area contributed by atoms with Crippen molar-refractivity contribution in [2.24, 2.45) is 0 Å². The van der Waals surface area contributed by atoms with Gasteiger partial charge in [-0.1, -0.05) is 47.5 Å². The number of methoxy groups -OCH3 is 1. The molecule has 0 aliphatic carbocycles. The standard InChI is InChI=1S/C27H27N3O4/c1-18-4-8-20(9-5-18)17-29-24(16-25(31)28-21-10-14-23(34-3)15-11-21)26(32)30(27(29)33)22-12-6-19(2)7-13-22/h4-15,24H,16-17H2,1-3H3,(H,28,31)/t24-/m0/s1. The van der Waals surface area contributed by atoms with Gasteiger partial charge in [0.25, 0.3) is 5.91 Å². The summed E-state index contributed by atoms with van der Waals surface area (Å²) in [5.74, 6) is -0.0885. The van der Waals surface area contributed by atoms with E-state index in [9.17, 15) is 14.4 Å². The van der Waals surface area contributed by atoms with Gasteiger partial charge in [0.15, 0.2) is 0 Å². The molecule has 1 N–H and O–H groups in total. The fraction of sp³-hybridized carbons (Fsp3) is 0.222. The highest BCUT2D eigenvalue weighted by atomic mass is 16.5. The zero-order valence-corrected chi connectivity index (χ0v) is 19.4. The average molecular weight is 458 g/mol. The third-order valence-electron chi connectivity index (χ3n) is 5.84. The topological polar surface area (TPSA) is 79.0 Å². The molecule has 1 aliphatic heterocycles. The first-order valence-corrected chi connectivity index (χ1v) is 11.1. The Balaban J connectivity index is 1.58. The number of imide groups is 1. The van der Waals surface area contributed by atoms with Gasteiger partial charge in [-0.15, -0.1) is 0 Å². The van der Waals surface area contributed by atoms with Gasteiger partial charge in [-0.05, 0) is 55.8 Å². The van der Waals surface area contributed by atoms with Crippen LogP contribution in [-0.4, -0.2) is 35.9 Å². The molecule has 0 saturated carbocycles. The van der Waals surface area contributed by atoms with Crippen LogP contribution >= 0.6 is 0 Å². The van der Waals surface area contributed by atoms with Crippen LogP contribution in [0.5, 0.6) is 5.75 Å². The molecule has 0 bridgehead atoms. The van der Waals surface area contributed by atoms with Crippen LogP contribution in [0, 0.1) is 13.8 Å². The largest absolute Gasteiger partial charge is 0.497 e. The van der Waals surface area contributed by atoms with E-state index in [1.165, 1.54) is 9.80 Å². The Hall–Kier alpha value is -4.13. The minimum Gasteiger partial charge on any atom is -0.497 e. The summed E-state index contributed by atoms with van der Waals surface area (Å²) in [7, 11) is 1.57. The lowest BCUT2D eigenvalue weighted by atomic mass is 10.1. The fourth-order valence-corrected chi connectivity index (χ4v) is 3.90. The number of nitrogens with one attached hydrogen (secondary N) is 1. The zero-order valence-electron chi connectivity index (χ0n) is 19.4. The van der Waals surface area contributed by atoms with E-state index in [1.54, 1.807) is 43.5 Å². The molecule has 4 rings (SSSR count). The summed E-state index contributed by atoms with van der Waals surface area (Å²) < 4.78 is 5.14. The number of amides is 4. The predicted molar refractivity (Wildman–Crippen MR) is 131 cm³/mol. The van der Waals surface area contributed by atoms with Crippen LogP contribution < -0.4 is 15.0 Å². The predicted octanol–water partition coefficient (Wildman–Crippen LogP) is 4.68. The second-order valence-corrected chi connectivity index (χ2v) is 8.40. The van der Waals surface area contributed by atoms with E-state index in [2.05, 4.69) is 5.32 Å². The molecule has 1 heterocycles. The number of carbonyl (C=O) groups is 3. The number of hydrogen-bond acceptors (Lipinski definition) is 4. The maximum Gasteiger partial charge on any atom is 0.332 e. The molecule has 0 unspecified atom stereocenters. The molecular weight excluding hydrogens is 430 g/mol. The Morgan fingerprint density at radius 2 is 1.47 bits per heavy atom. The highest BCUT2D eigenvalue weighted by Gasteiger charge is 2.46. The highest BCUT2D eigenvalue weighted by molar-refractivity contribution is 6.22. The Bertz CT molecular complexity index is 1190. The van der Waals surface area contributed by atoms with Crippen molar-refractivity contribution in [1.29, 1.82) is 0 Å². The number of hydrogen-bond donors (Lipinski definition) is 1. The molecule has 0 spiro atoms. The monoisotopic (exact) mass is 457 g/mol. The molecule has 1 aliphatic rings. The van der Waals surface area contributed by atoms with E-state index in [4.69, 9.17) is 4.74 Å². The third kappa shape index (κ3) is 4.93. The Kier molecular flexibility index (Phi) is 6.63. The molecule has 1 fully saturated rings. The van der Waals surface area contributed by atoms with Crippen molar-refractivity contribution in [3.63, 3.8) is 0 Å². The molecule has 3 aromatic carbocycles. The molecule has 0 radical (unpaired) electrons. The Morgan fingerprint density at radius 1 is 0.882 bits per heavy atom. The second-order valence-electron chi connectivity index (χ2n) is 8.40. The average Bonchev–Trinajstić information content (AvgIpc) is 3.05. The SMILES string of the molecule is COc1ccc(NC(=O)C[C@H]2C(=O)N(c3ccc(C)cc3)C(=O)N2Cc2ccc(C)cc2)cc1. The van der Waals surface area contributed by atoms with E-state index in [0.29, 0.717) is 17.1 Å². The quantitative estimate of drug-likeness (QED) is 0.523. The van der Waals surface area contributed by atoms with Crippen molar-refractivity contribution in [2.45, 2.75) is 32.9 Å². The molecule has 7 nitrogen and oxygen atoms in total. The van der Waals surface area contributed by atoms with Gasteiger partial charge in [0.05, 0.1) is 19.2 Å². The van der Waals surface area contributed by atoms with Crippen LogP contribution in [0.2, 0.25) is 0 Å². The number of ether oxygens (including phenoxy) is 1. The lowest BCUT2D eigenvalue weighted by Gasteiger charge is -2.22. The molecule has 174 valence electrons. The second kappa shape index (κ2) is 9.79. The van der Waals surface area contributed by atoms with Crippen LogP contribution in [0.15, 0.2) is 72.8 Å². The summed E-state index contributed by atoms with van der Waals surface area (Å²) >= 11 is 0. The summed E-state index contributed by atoms with van der Waals surface area (Å²) in [6.45, 7) is 4.15. The molecule has 1 atom stereocenters. The van der Waals surface area contributed by atoms with E-state index >= 15 is 0 Å². The van der Waals surface area contributed by atoms with Crippen molar-refractivity contribution < 1.29 is 19.1 Å².